The smallest absolute Gasteiger partial charge is 0.329 e. The second-order valence-corrected chi connectivity index (χ2v) is 4.34. The van der Waals surface area contributed by atoms with Crippen LogP contribution in [-0.4, -0.2) is 27.5 Å². The van der Waals surface area contributed by atoms with E-state index in [0.717, 1.165) is 25.8 Å². The van der Waals surface area contributed by atoms with Gasteiger partial charge in [-0.05, 0) is 30.9 Å². The number of nitro groups is 1. The van der Waals surface area contributed by atoms with Crippen molar-refractivity contribution in [3.05, 3.63) is 21.6 Å². The SMILES string of the molecule is CC[C@H]1CCCN1c1nc(Cl)ncc1[N+](=O)[O-]. The number of aromatic nitrogens is 2. The van der Waals surface area contributed by atoms with Crippen LogP contribution >= 0.6 is 11.6 Å². The molecule has 0 amide bonds. The molecule has 1 aliphatic heterocycles. The predicted octanol–water partition coefficient (Wildman–Crippen LogP) is 2.42. The molecule has 1 saturated heterocycles. The number of nitrogens with zero attached hydrogens (tertiary/aromatic N) is 4. The summed E-state index contributed by atoms with van der Waals surface area (Å²) in [6.45, 7) is 2.85. The number of anilines is 1. The van der Waals surface area contributed by atoms with Gasteiger partial charge in [-0.25, -0.2) is 4.98 Å². The standard InChI is InChI=1S/C10H13ClN4O2/c1-2-7-4-3-5-14(7)9-8(15(16)17)6-12-10(11)13-9/h6-7H,2-5H2,1H3/t7-/m0/s1. The van der Waals surface area contributed by atoms with Crippen LogP contribution in [0.25, 0.3) is 0 Å². The van der Waals surface area contributed by atoms with Crippen molar-refractivity contribution in [3.63, 3.8) is 0 Å². The first kappa shape index (κ1) is 12.0. The zero-order chi connectivity index (χ0) is 12.4. The minimum atomic E-state index is -0.462. The third kappa shape index (κ3) is 2.31. The van der Waals surface area contributed by atoms with Crippen LogP contribution in [-0.2, 0) is 0 Å². The Bertz CT molecular complexity index is 440. The van der Waals surface area contributed by atoms with E-state index in [-0.39, 0.29) is 11.0 Å². The lowest BCUT2D eigenvalue weighted by Gasteiger charge is -2.23. The molecule has 1 atom stereocenters. The first-order valence-corrected chi connectivity index (χ1v) is 5.95. The molecule has 1 fully saturated rings. The van der Waals surface area contributed by atoms with Gasteiger partial charge in [-0.2, -0.15) is 4.98 Å². The van der Waals surface area contributed by atoms with E-state index in [9.17, 15) is 10.1 Å². The largest absolute Gasteiger partial charge is 0.348 e. The van der Waals surface area contributed by atoms with E-state index in [0.29, 0.717) is 11.9 Å². The van der Waals surface area contributed by atoms with Crippen molar-refractivity contribution in [1.29, 1.82) is 0 Å². The maximum Gasteiger partial charge on any atom is 0.329 e. The van der Waals surface area contributed by atoms with Gasteiger partial charge in [-0.3, -0.25) is 10.1 Å². The minimum absolute atomic E-state index is 0.0485. The van der Waals surface area contributed by atoms with E-state index < -0.39 is 4.92 Å². The summed E-state index contributed by atoms with van der Waals surface area (Å²) in [6, 6.07) is 0.305. The average Bonchev–Trinajstić information content (AvgIpc) is 2.76. The van der Waals surface area contributed by atoms with Crippen LogP contribution in [0, 0.1) is 10.1 Å². The molecule has 1 aromatic heterocycles. The Kier molecular flexibility index (Phi) is 3.42. The molecule has 0 aliphatic carbocycles. The molecule has 2 heterocycles. The van der Waals surface area contributed by atoms with E-state index in [2.05, 4.69) is 16.9 Å². The van der Waals surface area contributed by atoms with Crippen molar-refractivity contribution in [2.75, 3.05) is 11.4 Å². The van der Waals surface area contributed by atoms with Gasteiger partial charge in [0.1, 0.15) is 6.20 Å². The van der Waals surface area contributed by atoms with E-state index >= 15 is 0 Å². The summed E-state index contributed by atoms with van der Waals surface area (Å²) in [5.41, 5.74) is -0.0743. The fraction of sp³-hybridized carbons (Fsp3) is 0.600. The van der Waals surface area contributed by atoms with Gasteiger partial charge in [-0.15, -0.1) is 0 Å². The van der Waals surface area contributed by atoms with Gasteiger partial charge in [0.25, 0.3) is 0 Å². The van der Waals surface area contributed by atoms with Crippen molar-refractivity contribution in [2.24, 2.45) is 0 Å². The lowest BCUT2D eigenvalue weighted by molar-refractivity contribution is -0.384. The molecular weight excluding hydrogens is 244 g/mol. The van der Waals surface area contributed by atoms with Gasteiger partial charge >= 0.3 is 5.69 Å². The summed E-state index contributed by atoms with van der Waals surface area (Å²) < 4.78 is 0. The zero-order valence-corrected chi connectivity index (χ0v) is 10.2. The molecule has 2 rings (SSSR count). The van der Waals surface area contributed by atoms with E-state index in [1.807, 2.05) is 4.90 Å². The summed E-state index contributed by atoms with van der Waals surface area (Å²) in [5, 5.41) is 11.0. The monoisotopic (exact) mass is 256 g/mol. The second kappa shape index (κ2) is 4.83. The van der Waals surface area contributed by atoms with Gasteiger partial charge in [0.15, 0.2) is 0 Å². The Morgan fingerprint density at radius 1 is 1.71 bits per heavy atom. The molecule has 0 aromatic carbocycles. The molecule has 0 spiro atoms. The van der Waals surface area contributed by atoms with Gasteiger partial charge in [0.05, 0.1) is 4.92 Å². The molecule has 1 aliphatic rings. The third-order valence-corrected chi connectivity index (χ3v) is 3.22. The Hall–Kier alpha value is -1.43. The van der Waals surface area contributed by atoms with Gasteiger partial charge < -0.3 is 4.90 Å². The average molecular weight is 257 g/mol. The Labute approximate surface area is 104 Å². The lowest BCUT2D eigenvalue weighted by Crippen LogP contribution is -2.30. The fourth-order valence-corrected chi connectivity index (χ4v) is 2.35. The van der Waals surface area contributed by atoms with Crippen LogP contribution in [0.4, 0.5) is 11.5 Å². The van der Waals surface area contributed by atoms with Crippen LogP contribution < -0.4 is 4.90 Å². The summed E-state index contributed by atoms with van der Waals surface area (Å²) in [7, 11) is 0. The van der Waals surface area contributed by atoms with Crippen LogP contribution in [0.2, 0.25) is 5.28 Å². The van der Waals surface area contributed by atoms with Crippen molar-refractivity contribution in [3.8, 4) is 0 Å². The summed E-state index contributed by atoms with van der Waals surface area (Å²) in [4.78, 5) is 20.1. The van der Waals surface area contributed by atoms with E-state index in [1.165, 1.54) is 6.20 Å². The third-order valence-electron chi connectivity index (χ3n) is 3.04. The minimum Gasteiger partial charge on any atom is -0.348 e. The van der Waals surface area contributed by atoms with Gasteiger partial charge in [0, 0.05) is 12.6 Å². The number of hydrogen-bond acceptors (Lipinski definition) is 5. The van der Waals surface area contributed by atoms with Crippen LogP contribution in [0.15, 0.2) is 6.20 Å². The first-order chi connectivity index (χ1) is 8.13. The number of hydrogen-bond donors (Lipinski definition) is 0. The maximum absolute atomic E-state index is 10.9. The van der Waals surface area contributed by atoms with Crippen molar-refractivity contribution >= 4 is 23.1 Å². The summed E-state index contributed by atoms with van der Waals surface area (Å²) in [5.74, 6) is 0.347. The Balaban J connectivity index is 2.42. The molecule has 1 aromatic rings. The molecular formula is C10H13ClN4O2. The van der Waals surface area contributed by atoms with Crippen molar-refractivity contribution < 1.29 is 4.92 Å². The van der Waals surface area contributed by atoms with Gasteiger partial charge in [0.2, 0.25) is 11.1 Å². The van der Waals surface area contributed by atoms with Crippen LogP contribution in [0.5, 0.6) is 0 Å². The topological polar surface area (TPSA) is 72.2 Å². The van der Waals surface area contributed by atoms with Crippen molar-refractivity contribution in [2.45, 2.75) is 32.2 Å². The molecule has 0 unspecified atom stereocenters. The molecule has 0 saturated carbocycles. The highest BCUT2D eigenvalue weighted by atomic mass is 35.5. The first-order valence-electron chi connectivity index (χ1n) is 5.57. The highest BCUT2D eigenvalue weighted by molar-refractivity contribution is 6.28. The molecule has 0 N–H and O–H groups in total. The number of halogens is 1. The summed E-state index contributed by atoms with van der Waals surface area (Å²) >= 11 is 5.72. The zero-order valence-electron chi connectivity index (χ0n) is 9.47. The Morgan fingerprint density at radius 2 is 2.47 bits per heavy atom. The molecule has 17 heavy (non-hydrogen) atoms. The van der Waals surface area contributed by atoms with E-state index in [4.69, 9.17) is 11.6 Å². The molecule has 6 nitrogen and oxygen atoms in total. The molecule has 92 valence electrons. The van der Waals surface area contributed by atoms with Gasteiger partial charge in [-0.1, -0.05) is 6.92 Å². The molecule has 7 heteroatoms. The fourth-order valence-electron chi connectivity index (χ4n) is 2.22. The van der Waals surface area contributed by atoms with Crippen LogP contribution in [0.3, 0.4) is 0 Å². The lowest BCUT2D eigenvalue weighted by atomic mass is 10.2. The van der Waals surface area contributed by atoms with Crippen LogP contribution in [0.1, 0.15) is 26.2 Å². The summed E-state index contributed by atoms with van der Waals surface area (Å²) in [6.07, 6.45) is 4.18. The maximum atomic E-state index is 10.9. The van der Waals surface area contributed by atoms with Crippen molar-refractivity contribution in [1.82, 2.24) is 9.97 Å². The Morgan fingerprint density at radius 3 is 3.12 bits per heavy atom. The quantitative estimate of drug-likeness (QED) is 0.472. The highest BCUT2D eigenvalue weighted by Gasteiger charge is 2.30. The second-order valence-electron chi connectivity index (χ2n) is 4.00. The number of rotatable bonds is 3. The highest BCUT2D eigenvalue weighted by Crippen LogP contribution is 2.32. The normalized spacial score (nSPS) is 19.6. The molecule has 0 bridgehead atoms. The molecule has 0 radical (unpaired) electrons. The predicted molar refractivity (Wildman–Crippen MR) is 64.4 cm³/mol. The van der Waals surface area contributed by atoms with E-state index in [1.54, 1.807) is 0 Å².